The predicted molar refractivity (Wildman–Crippen MR) is 108 cm³/mol. The third-order valence-electron chi connectivity index (χ3n) is 6.05. The van der Waals surface area contributed by atoms with Crippen molar-refractivity contribution >= 4 is 27.0 Å². The molecule has 8 nitrogen and oxygen atoms in total. The fourth-order valence-corrected chi connectivity index (χ4v) is 5.88. The lowest BCUT2D eigenvalue weighted by Crippen LogP contribution is -2.46. The van der Waals surface area contributed by atoms with Gasteiger partial charge < -0.3 is 9.32 Å². The molecule has 29 heavy (non-hydrogen) atoms. The summed E-state index contributed by atoms with van der Waals surface area (Å²) >= 11 is 0. The number of oxazole rings is 1. The first-order chi connectivity index (χ1) is 13.9. The zero-order chi connectivity index (χ0) is 20.6. The van der Waals surface area contributed by atoms with Crippen molar-refractivity contribution in [2.45, 2.75) is 43.4 Å². The lowest BCUT2D eigenvalue weighted by Gasteiger charge is -2.34. The van der Waals surface area contributed by atoms with Crippen molar-refractivity contribution in [3.8, 4) is 0 Å². The van der Waals surface area contributed by atoms with Crippen LogP contribution in [-0.4, -0.2) is 54.3 Å². The van der Waals surface area contributed by atoms with Crippen LogP contribution in [0.3, 0.4) is 0 Å². The summed E-state index contributed by atoms with van der Waals surface area (Å²) in [6.45, 7) is 2.13. The second-order valence-electron chi connectivity index (χ2n) is 8.00. The van der Waals surface area contributed by atoms with Gasteiger partial charge in [0, 0.05) is 39.3 Å². The quantitative estimate of drug-likeness (QED) is 0.755. The molecule has 0 radical (unpaired) electrons. The van der Waals surface area contributed by atoms with Crippen LogP contribution in [0, 0.1) is 5.92 Å². The Morgan fingerprint density at radius 2 is 1.79 bits per heavy atom. The summed E-state index contributed by atoms with van der Waals surface area (Å²) in [4.78, 5) is 26.7. The monoisotopic (exact) mass is 421 g/mol. The molecule has 2 aliphatic rings. The number of nitrogens with zero attached hydrogens (tertiary/aromatic N) is 3. The number of rotatable bonds is 3. The van der Waals surface area contributed by atoms with E-state index >= 15 is 0 Å². The van der Waals surface area contributed by atoms with Crippen LogP contribution in [0.25, 0.3) is 11.1 Å². The van der Waals surface area contributed by atoms with Gasteiger partial charge in [0.05, 0.1) is 16.3 Å². The van der Waals surface area contributed by atoms with Gasteiger partial charge in [-0.2, -0.15) is 4.31 Å². The maximum atomic E-state index is 13.2. The van der Waals surface area contributed by atoms with Gasteiger partial charge in [-0.3, -0.25) is 9.36 Å². The first kappa shape index (κ1) is 20.2. The Bertz CT molecular complexity index is 1060. The van der Waals surface area contributed by atoms with E-state index in [1.807, 2.05) is 4.90 Å². The average Bonchev–Trinajstić information content (AvgIpc) is 2.91. The van der Waals surface area contributed by atoms with E-state index in [0.717, 1.165) is 38.8 Å². The molecule has 2 fully saturated rings. The smallest absolute Gasteiger partial charge is 0.408 e. The number of carbonyl (C=O) groups is 1. The summed E-state index contributed by atoms with van der Waals surface area (Å²) in [6.07, 6.45) is 5.70. The minimum Gasteiger partial charge on any atom is -0.408 e. The van der Waals surface area contributed by atoms with Crippen molar-refractivity contribution in [1.82, 2.24) is 13.8 Å². The first-order valence-electron chi connectivity index (χ1n) is 10.3. The molecule has 4 rings (SSSR count). The highest BCUT2D eigenvalue weighted by atomic mass is 32.2. The van der Waals surface area contributed by atoms with Crippen LogP contribution in [0.4, 0.5) is 0 Å². The number of aryl methyl sites for hydroxylation is 1. The summed E-state index contributed by atoms with van der Waals surface area (Å²) in [5.74, 6) is -0.748. The minimum atomic E-state index is -3.77. The molecule has 1 amide bonds. The van der Waals surface area contributed by atoms with Crippen LogP contribution in [0.15, 0.2) is 32.3 Å². The Hall–Kier alpha value is -2.13. The summed E-state index contributed by atoms with van der Waals surface area (Å²) in [5, 5.41) is 0. The second kappa shape index (κ2) is 7.95. The Labute approximate surface area is 170 Å². The number of hydrogen-bond donors (Lipinski definition) is 0. The lowest BCUT2D eigenvalue weighted by atomic mass is 9.98. The SMILES string of the molecule is Cn1c(=O)oc2cc(S(=O)(=O)N3CCCC(C(=O)N4CCCCCC4)C3)ccc21. The zero-order valence-corrected chi connectivity index (χ0v) is 17.5. The molecule has 1 atom stereocenters. The van der Waals surface area contributed by atoms with E-state index in [0.29, 0.717) is 24.9 Å². The van der Waals surface area contributed by atoms with Crippen molar-refractivity contribution < 1.29 is 17.6 Å². The number of aromatic nitrogens is 1. The van der Waals surface area contributed by atoms with Gasteiger partial charge >= 0.3 is 5.76 Å². The lowest BCUT2D eigenvalue weighted by molar-refractivity contribution is -0.136. The molecule has 1 aromatic heterocycles. The summed E-state index contributed by atoms with van der Waals surface area (Å²) in [5.41, 5.74) is 0.787. The minimum absolute atomic E-state index is 0.0799. The third-order valence-corrected chi connectivity index (χ3v) is 7.91. The molecule has 2 aromatic rings. The van der Waals surface area contributed by atoms with Crippen molar-refractivity contribution in [1.29, 1.82) is 0 Å². The number of amides is 1. The van der Waals surface area contributed by atoms with E-state index in [-0.39, 0.29) is 28.8 Å². The molecular weight excluding hydrogens is 394 g/mol. The number of benzene rings is 1. The van der Waals surface area contributed by atoms with Crippen LogP contribution < -0.4 is 5.76 Å². The molecule has 9 heteroatoms. The number of carbonyl (C=O) groups excluding carboxylic acids is 1. The molecule has 1 aromatic carbocycles. The molecule has 0 bridgehead atoms. The Morgan fingerprint density at radius 1 is 1.07 bits per heavy atom. The summed E-state index contributed by atoms with van der Waals surface area (Å²) in [7, 11) is -2.19. The highest BCUT2D eigenvalue weighted by Crippen LogP contribution is 2.27. The first-order valence-corrected chi connectivity index (χ1v) is 11.7. The van der Waals surface area contributed by atoms with Gasteiger partial charge in [-0.05, 0) is 37.8 Å². The van der Waals surface area contributed by atoms with Crippen molar-refractivity contribution in [3.63, 3.8) is 0 Å². The van der Waals surface area contributed by atoms with Crippen LogP contribution in [0.1, 0.15) is 38.5 Å². The van der Waals surface area contributed by atoms with E-state index in [1.165, 1.54) is 21.0 Å². The second-order valence-corrected chi connectivity index (χ2v) is 9.94. The Morgan fingerprint density at radius 3 is 2.52 bits per heavy atom. The standard InChI is InChI=1S/C20H27N3O5S/c1-21-17-9-8-16(13-18(17)28-20(21)25)29(26,27)23-12-6-7-15(14-23)19(24)22-10-4-2-3-5-11-22/h8-9,13,15H,2-7,10-12,14H2,1H3. The van der Waals surface area contributed by atoms with Gasteiger partial charge in [0.25, 0.3) is 0 Å². The van der Waals surface area contributed by atoms with Gasteiger partial charge in [-0.25, -0.2) is 13.2 Å². The Kier molecular flexibility index (Phi) is 5.52. The highest BCUT2D eigenvalue weighted by Gasteiger charge is 2.35. The molecule has 1 unspecified atom stereocenters. The van der Waals surface area contributed by atoms with E-state index < -0.39 is 15.8 Å². The zero-order valence-electron chi connectivity index (χ0n) is 16.7. The van der Waals surface area contributed by atoms with E-state index in [9.17, 15) is 18.0 Å². The molecular formula is C20H27N3O5S. The van der Waals surface area contributed by atoms with Crippen molar-refractivity contribution in [3.05, 3.63) is 28.7 Å². The maximum Gasteiger partial charge on any atom is 0.419 e. The van der Waals surface area contributed by atoms with Crippen LogP contribution in [0.5, 0.6) is 0 Å². The van der Waals surface area contributed by atoms with Gasteiger partial charge in [0.2, 0.25) is 15.9 Å². The molecule has 158 valence electrons. The Balaban J connectivity index is 1.55. The number of fused-ring (bicyclic) bond motifs is 1. The van der Waals surface area contributed by atoms with E-state index in [2.05, 4.69) is 0 Å². The number of hydrogen-bond acceptors (Lipinski definition) is 5. The molecule has 0 aliphatic carbocycles. The molecule has 2 saturated heterocycles. The van der Waals surface area contributed by atoms with Crippen LogP contribution >= 0.6 is 0 Å². The average molecular weight is 422 g/mol. The van der Waals surface area contributed by atoms with Gasteiger partial charge in [-0.1, -0.05) is 12.8 Å². The van der Waals surface area contributed by atoms with E-state index in [1.54, 1.807) is 13.1 Å². The molecule has 0 spiro atoms. The van der Waals surface area contributed by atoms with Crippen molar-refractivity contribution in [2.75, 3.05) is 26.2 Å². The molecule has 0 saturated carbocycles. The number of piperidine rings is 1. The number of likely N-dealkylation sites (tertiary alicyclic amines) is 1. The normalized spacial score (nSPS) is 22.0. The van der Waals surface area contributed by atoms with E-state index in [4.69, 9.17) is 4.42 Å². The fourth-order valence-electron chi connectivity index (χ4n) is 4.34. The van der Waals surface area contributed by atoms with Crippen LogP contribution in [-0.2, 0) is 21.9 Å². The van der Waals surface area contributed by atoms with Crippen LogP contribution in [0.2, 0.25) is 0 Å². The van der Waals surface area contributed by atoms with Gasteiger partial charge in [-0.15, -0.1) is 0 Å². The topological polar surface area (TPSA) is 92.8 Å². The maximum absolute atomic E-state index is 13.2. The summed E-state index contributed by atoms with van der Waals surface area (Å²) < 4.78 is 34.3. The molecule has 2 aliphatic heterocycles. The molecule has 3 heterocycles. The van der Waals surface area contributed by atoms with Crippen molar-refractivity contribution in [2.24, 2.45) is 13.0 Å². The third kappa shape index (κ3) is 3.85. The fraction of sp³-hybridized carbons (Fsp3) is 0.600. The van der Waals surface area contributed by atoms with Gasteiger partial charge in [0.15, 0.2) is 5.58 Å². The summed E-state index contributed by atoms with van der Waals surface area (Å²) in [6, 6.07) is 4.47. The highest BCUT2D eigenvalue weighted by molar-refractivity contribution is 7.89. The molecule has 0 N–H and O–H groups in total. The predicted octanol–water partition coefficient (Wildman–Crippen LogP) is 1.93. The van der Waals surface area contributed by atoms with Gasteiger partial charge in [0.1, 0.15) is 0 Å². The number of sulfonamides is 1. The largest absolute Gasteiger partial charge is 0.419 e.